The Bertz CT molecular complexity index is 926. The molecule has 7 nitrogen and oxygen atoms in total. The van der Waals surface area contributed by atoms with Crippen molar-refractivity contribution in [2.45, 2.75) is 31.4 Å². The first-order chi connectivity index (χ1) is 13.5. The molecule has 0 unspecified atom stereocenters. The number of amidine groups is 1. The van der Waals surface area contributed by atoms with E-state index in [2.05, 4.69) is 4.90 Å². The molecule has 146 valence electrons. The largest absolute Gasteiger partial charge is 0.497 e. The lowest BCUT2D eigenvalue weighted by Crippen LogP contribution is -2.41. The Hall–Kier alpha value is -2.93. The van der Waals surface area contributed by atoms with E-state index in [0.717, 1.165) is 49.5 Å². The van der Waals surface area contributed by atoms with Gasteiger partial charge < -0.3 is 9.84 Å². The topological polar surface area (TPSA) is 78.9 Å². The fourth-order valence-electron chi connectivity index (χ4n) is 4.19. The molecule has 0 aliphatic carbocycles. The van der Waals surface area contributed by atoms with Gasteiger partial charge in [0.25, 0.3) is 17.2 Å². The van der Waals surface area contributed by atoms with Crippen molar-refractivity contribution in [3.8, 4) is 5.75 Å². The molecule has 0 bridgehead atoms. The Morgan fingerprint density at radius 3 is 2.68 bits per heavy atom. The second-order valence-electron chi connectivity index (χ2n) is 7.29. The number of nitro groups is 1. The molecule has 0 radical (unpaired) electrons. The lowest BCUT2D eigenvalue weighted by molar-refractivity contribution is -0.658. The van der Waals surface area contributed by atoms with Crippen LogP contribution in [0.3, 0.4) is 0 Å². The van der Waals surface area contributed by atoms with Gasteiger partial charge in [-0.3, -0.25) is 10.1 Å². The minimum atomic E-state index is -1.30. The van der Waals surface area contributed by atoms with Gasteiger partial charge >= 0.3 is 0 Å². The predicted octanol–water partition coefficient (Wildman–Crippen LogP) is 3.25. The monoisotopic (exact) mass is 382 g/mol. The van der Waals surface area contributed by atoms with Gasteiger partial charge in [-0.1, -0.05) is 12.1 Å². The average Bonchev–Trinajstić information content (AvgIpc) is 2.87. The van der Waals surface area contributed by atoms with Gasteiger partial charge in [-0.15, -0.1) is 0 Å². The first-order valence-corrected chi connectivity index (χ1v) is 9.55. The third-order valence-corrected chi connectivity index (χ3v) is 5.63. The molecule has 0 fully saturated rings. The molecule has 0 aromatic heterocycles. The zero-order chi connectivity index (χ0) is 19.7. The van der Waals surface area contributed by atoms with Crippen LogP contribution in [0, 0.1) is 10.1 Å². The molecule has 28 heavy (non-hydrogen) atoms. The highest BCUT2D eigenvalue weighted by Gasteiger charge is 2.52. The molecule has 2 aliphatic rings. The van der Waals surface area contributed by atoms with Crippen LogP contribution in [0.25, 0.3) is 0 Å². The molecule has 2 aromatic carbocycles. The van der Waals surface area contributed by atoms with Crippen molar-refractivity contribution in [2.75, 3.05) is 25.1 Å². The average molecular weight is 382 g/mol. The van der Waals surface area contributed by atoms with Crippen molar-refractivity contribution in [3.63, 3.8) is 0 Å². The van der Waals surface area contributed by atoms with Gasteiger partial charge in [-0.2, -0.15) is 0 Å². The highest BCUT2D eigenvalue weighted by atomic mass is 16.6. The van der Waals surface area contributed by atoms with Gasteiger partial charge in [0.05, 0.1) is 18.6 Å². The van der Waals surface area contributed by atoms with Gasteiger partial charge in [0.1, 0.15) is 11.4 Å². The number of nitro benzene ring substituents is 1. The van der Waals surface area contributed by atoms with Crippen LogP contribution in [0.1, 0.15) is 31.2 Å². The summed E-state index contributed by atoms with van der Waals surface area (Å²) in [5, 5.41) is 23.0. The van der Waals surface area contributed by atoms with Crippen LogP contribution in [0.4, 0.5) is 11.4 Å². The van der Waals surface area contributed by atoms with Gasteiger partial charge in [0.2, 0.25) is 0 Å². The van der Waals surface area contributed by atoms with Crippen LogP contribution in [0.5, 0.6) is 5.75 Å². The zero-order valence-corrected chi connectivity index (χ0v) is 15.9. The summed E-state index contributed by atoms with van der Waals surface area (Å²) in [7, 11) is 1.63. The third-order valence-electron chi connectivity index (χ3n) is 5.63. The van der Waals surface area contributed by atoms with Gasteiger partial charge in [-0.05, 0) is 43.5 Å². The maximum Gasteiger partial charge on any atom is 0.271 e. The third kappa shape index (κ3) is 3.11. The Kier molecular flexibility index (Phi) is 4.77. The van der Waals surface area contributed by atoms with E-state index in [9.17, 15) is 15.2 Å². The maximum absolute atomic E-state index is 11.7. The van der Waals surface area contributed by atoms with Crippen molar-refractivity contribution < 1.29 is 19.3 Å². The number of β-amino-alcohol motifs (C(OH)–C–C–N with tert-alkyl or cyclic N) is 1. The number of ether oxygens (including phenoxy) is 1. The van der Waals surface area contributed by atoms with Crippen LogP contribution >= 0.6 is 0 Å². The summed E-state index contributed by atoms with van der Waals surface area (Å²) >= 11 is 0. The van der Waals surface area contributed by atoms with E-state index < -0.39 is 10.6 Å². The highest BCUT2D eigenvalue weighted by Crippen LogP contribution is 2.36. The van der Waals surface area contributed by atoms with E-state index in [1.165, 1.54) is 12.1 Å². The molecule has 4 rings (SSSR count). The lowest BCUT2D eigenvalue weighted by atomic mass is 10.0. The number of rotatable bonds is 4. The second kappa shape index (κ2) is 7.24. The molecule has 2 heterocycles. The van der Waals surface area contributed by atoms with Crippen LogP contribution in [0.15, 0.2) is 48.5 Å². The molecule has 0 spiro atoms. The number of benzene rings is 2. The number of non-ortho nitro benzene ring substituents is 1. The van der Waals surface area contributed by atoms with Crippen molar-refractivity contribution in [2.24, 2.45) is 0 Å². The molecule has 0 amide bonds. The van der Waals surface area contributed by atoms with Crippen molar-refractivity contribution in [3.05, 3.63) is 64.2 Å². The summed E-state index contributed by atoms with van der Waals surface area (Å²) in [6.07, 6.45) is 4.01. The smallest absolute Gasteiger partial charge is 0.271 e. The Balaban J connectivity index is 1.79. The van der Waals surface area contributed by atoms with Crippen LogP contribution in [-0.4, -0.2) is 40.6 Å². The van der Waals surface area contributed by atoms with E-state index in [-0.39, 0.29) is 5.69 Å². The number of hydrogen-bond acceptors (Lipinski definition) is 5. The SMILES string of the molecule is COc1ccc(N2C[C@](O)(c3cccc([N+](=O)[O-])c3)[N+]3=C2CCCCC3)cc1. The molecule has 1 N–H and O–H groups in total. The molecule has 2 aromatic rings. The van der Waals surface area contributed by atoms with Crippen LogP contribution in [0.2, 0.25) is 0 Å². The number of hydrogen-bond donors (Lipinski definition) is 1. The van der Waals surface area contributed by atoms with Crippen molar-refractivity contribution >= 4 is 17.2 Å². The number of methoxy groups -OCH3 is 1. The fraction of sp³-hybridized carbons (Fsp3) is 0.381. The summed E-state index contributed by atoms with van der Waals surface area (Å²) in [5.41, 5.74) is 0.220. The lowest BCUT2D eigenvalue weighted by Gasteiger charge is -2.23. The predicted molar refractivity (Wildman–Crippen MR) is 106 cm³/mol. The standard InChI is InChI=1S/C21H24N3O4/c1-28-19-11-9-17(10-12-19)22-15-21(25,23-13-4-2-3-8-20(22)23)16-6-5-7-18(14-16)24(26)27/h5-7,9-12,14,25H,2-4,8,13,15H2,1H3/q+1/t21-/m0/s1. The number of nitrogens with zero attached hydrogens (tertiary/aromatic N) is 3. The Morgan fingerprint density at radius 2 is 1.96 bits per heavy atom. The maximum atomic E-state index is 11.7. The molecular weight excluding hydrogens is 358 g/mol. The number of anilines is 1. The van der Waals surface area contributed by atoms with Crippen molar-refractivity contribution in [1.82, 2.24) is 0 Å². The van der Waals surface area contributed by atoms with E-state index in [1.54, 1.807) is 19.2 Å². The Morgan fingerprint density at radius 1 is 1.18 bits per heavy atom. The number of aliphatic hydroxyl groups is 1. The highest BCUT2D eigenvalue weighted by molar-refractivity contribution is 5.96. The minimum Gasteiger partial charge on any atom is -0.497 e. The molecular formula is C21H24N3O4+. The summed E-state index contributed by atoms with van der Waals surface area (Å²) in [6.45, 7) is 1.05. The quantitative estimate of drug-likeness (QED) is 0.499. The molecule has 7 heteroatoms. The molecule has 0 saturated carbocycles. The first kappa shape index (κ1) is 18.4. The molecule has 0 saturated heterocycles. The minimum absolute atomic E-state index is 0.00908. The summed E-state index contributed by atoms with van der Waals surface area (Å²) in [4.78, 5) is 12.9. The van der Waals surface area contributed by atoms with Gasteiger partial charge in [-0.25, -0.2) is 9.48 Å². The van der Waals surface area contributed by atoms with Crippen LogP contribution < -0.4 is 9.64 Å². The molecule has 1 atom stereocenters. The Labute approximate surface area is 163 Å². The normalized spacial score (nSPS) is 22.0. The summed E-state index contributed by atoms with van der Waals surface area (Å²) < 4.78 is 7.29. The van der Waals surface area contributed by atoms with Gasteiger partial charge in [0, 0.05) is 24.1 Å². The van der Waals surface area contributed by atoms with Crippen molar-refractivity contribution in [1.29, 1.82) is 0 Å². The fourth-order valence-corrected chi connectivity index (χ4v) is 4.19. The van der Waals surface area contributed by atoms with Gasteiger partial charge in [0.15, 0.2) is 6.54 Å². The second-order valence-corrected chi connectivity index (χ2v) is 7.29. The van der Waals surface area contributed by atoms with E-state index >= 15 is 0 Å². The van der Waals surface area contributed by atoms with E-state index in [4.69, 9.17) is 4.74 Å². The summed E-state index contributed by atoms with van der Waals surface area (Å²) in [5.74, 6) is 1.84. The van der Waals surface area contributed by atoms with E-state index in [0.29, 0.717) is 12.1 Å². The first-order valence-electron chi connectivity index (χ1n) is 9.55. The van der Waals surface area contributed by atoms with E-state index in [1.807, 2.05) is 28.8 Å². The zero-order valence-electron chi connectivity index (χ0n) is 15.9. The molecule has 2 aliphatic heterocycles. The van der Waals surface area contributed by atoms with Crippen LogP contribution in [-0.2, 0) is 5.72 Å². The summed E-state index contributed by atoms with van der Waals surface area (Å²) in [6, 6.07) is 14.1.